The molecule has 2 saturated heterocycles. The van der Waals surface area contributed by atoms with E-state index in [4.69, 9.17) is 4.74 Å². The summed E-state index contributed by atoms with van der Waals surface area (Å²) in [6, 6.07) is 6.87. The topological polar surface area (TPSA) is 45.7 Å². The van der Waals surface area contributed by atoms with E-state index in [9.17, 15) is 9.18 Å². The first-order valence-corrected chi connectivity index (χ1v) is 12.0. The zero-order chi connectivity index (χ0) is 20.1. The van der Waals surface area contributed by atoms with Gasteiger partial charge in [-0.25, -0.2) is 9.37 Å². The number of hydrogen-bond acceptors (Lipinski definition) is 6. The van der Waals surface area contributed by atoms with Crippen molar-refractivity contribution in [3.05, 3.63) is 41.7 Å². The third-order valence-corrected chi connectivity index (χ3v) is 7.32. The fourth-order valence-electron chi connectivity index (χ4n) is 4.02. The molecule has 2 aromatic rings. The maximum Gasteiger partial charge on any atom is 0.273 e. The molecule has 2 aliphatic rings. The van der Waals surface area contributed by atoms with Gasteiger partial charge in [-0.15, -0.1) is 11.8 Å². The molecule has 5 nitrogen and oxygen atoms in total. The van der Waals surface area contributed by atoms with Crippen molar-refractivity contribution >= 4 is 29.0 Å². The Morgan fingerprint density at radius 1 is 1.14 bits per heavy atom. The summed E-state index contributed by atoms with van der Waals surface area (Å²) >= 11 is 3.02. The van der Waals surface area contributed by atoms with Crippen LogP contribution in [0, 0.1) is 5.82 Å². The second-order valence-electron chi connectivity index (χ2n) is 7.51. The predicted octanol–water partition coefficient (Wildman–Crippen LogP) is 3.91. The van der Waals surface area contributed by atoms with Gasteiger partial charge in [0, 0.05) is 48.7 Å². The summed E-state index contributed by atoms with van der Waals surface area (Å²) < 4.78 is 18.9. The van der Waals surface area contributed by atoms with Crippen LogP contribution in [0.3, 0.4) is 0 Å². The first-order chi connectivity index (χ1) is 14.2. The van der Waals surface area contributed by atoms with Crippen LogP contribution in [0.5, 0.6) is 5.19 Å². The third kappa shape index (κ3) is 5.71. The molecule has 156 valence electrons. The van der Waals surface area contributed by atoms with Crippen molar-refractivity contribution in [2.24, 2.45) is 0 Å². The van der Waals surface area contributed by atoms with Gasteiger partial charge >= 0.3 is 0 Å². The first-order valence-electron chi connectivity index (χ1n) is 10.1. The van der Waals surface area contributed by atoms with Crippen molar-refractivity contribution in [3.63, 3.8) is 0 Å². The molecule has 0 radical (unpaired) electrons. The Morgan fingerprint density at radius 2 is 1.86 bits per heavy atom. The van der Waals surface area contributed by atoms with E-state index < -0.39 is 0 Å². The van der Waals surface area contributed by atoms with E-state index in [1.54, 1.807) is 29.7 Å². The summed E-state index contributed by atoms with van der Waals surface area (Å²) in [5, 5.41) is 2.71. The molecule has 0 aliphatic carbocycles. The van der Waals surface area contributed by atoms with E-state index in [0.717, 1.165) is 62.0 Å². The molecule has 0 spiro atoms. The Kier molecular flexibility index (Phi) is 7.05. The van der Waals surface area contributed by atoms with E-state index in [1.807, 2.05) is 10.3 Å². The number of carbonyl (C=O) groups is 1. The van der Waals surface area contributed by atoms with Crippen molar-refractivity contribution in [1.29, 1.82) is 0 Å². The van der Waals surface area contributed by atoms with Crippen molar-refractivity contribution in [3.8, 4) is 5.19 Å². The number of carbonyl (C=O) groups excluding carboxylic acids is 1. The van der Waals surface area contributed by atoms with E-state index >= 15 is 0 Å². The number of thioether (sulfide) groups is 1. The summed E-state index contributed by atoms with van der Waals surface area (Å²) in [5.74, 6) is 0.338. The lowest BCUT2D eigenvalue weighted by Crippen LogP contribution is -2.50. The third-order valence-electron chi connectivity index (χ3n) is 5.66. The minimum atomic E-state index is -0.249. The number of nitrogens with zero attached hydrogens (tertiary/aromatic N) is 3. The van der Waals surface area contributed by atoms with Gasteiger partial charge in [-0.1, -0.05) is 11.3 Å². The van der Waals surface area contributed by atoms with Crippen molar-refractivity contribution < 1.29 is 13.9 Å². The number of thiazole rings is 1. The second kappa shape index (κ2) is 9.91. The molecule has 0 atom stereocenters. The Hall–Kier alpha value is -1.64. The zero-order valence-corrected chi connectivity index (χ0v) is 18.0. The molecule has 29 heavy (non-hydrogen) atoms. The number of amides is 1. The molecule has 2 aliphatic heterocycles. The van der Waals surface area contributed by atoms with E-state index in [-0.39, 0.29) is 17.8 Å². The lowest BCUT2D eigenvalue weighted by Gasteiger charge is -2.41. The number of rotatable bonds is 6. The Labute approximate surface area is 179 Å². The average Bonchev–Trinajstić information content (AvgIpc) is 3.27. The summed E-state index contributed by atoms with van der Waals surface area (Å²) in [6.07, 6.45) is 6.18. The molecule has 4 rings (SSSR count). The fraction of sp³-hybridized carbons (Fsp3) is 0.524. The largest absolute Gasteiger partial charge is 0.467 e. The van der Waals surface area contributed by atoms with Gasteiger partial charge in [0.25, 0.3) is 5.19 Å². The number of aromatic nitrogens is 1. The van der Waals surface area contributed by atoms with E-state index in [0.29, 0.717) is 11.8 Å². The number of likely N-dealkylation sites (tertiary alicyclic amines) is 2. The van der Waals surface area contributed by atoms with Gasteiger partial charge in [0.1, 0.15) is 11.9 Å². The van der Waals surface area contributed by atoms with Crippen LogP contribution in [0.2, 0.25) is 0 Å². The molecular weight excluding hydrogens is 409 g/mol. The zero-order valence-electron chi connectivity index (χ0n) is 16.3. The van der Waals surface area contributed by atoms with Crippen LogP contribution in [0.15, 0.2) is 40.7 Å². The van der Waals surface area contributed by atoms with Crippen molar-refractivity contribution in [2.45, 2.75) is 42.7 Å². The van der Waals surface area contributed by atoms with Crippen molar-refractivity contribution in [2.75, 3.05) is 31.9 Å². The normalized spacial score (nSPS) is 19.4. The maximum atomic E-state index is 13.0. The number of ether oxygens (including phenoxy) is 1. The first kappa shape index (κ1) is 20.6. The van der Waals surface area contributed by atoms with E-state index in [1.165, 1.54) is 23.9 Å². The molecule has 1 aromatic carbocycles. The Balaban J connectivity index is 1.16. The quantitative estimate of drug-likeness (QED) is 0.644. The number of benzene rings is 1. The summed E-state index contributed by atoms with van der Waals surface area (Å²) in [6.45, 7) is 3.75. The minimum Gasteiger partial charge on any atom is -0.467 e. The van der Waals surface area contributed by atoms with Gasteiger partial charge in [-0.05, 0) is 49.9 Å². The number of halogens is 1. The summed E-state index contributed by atoms with van der Waals surface area (Å²) in [4.78, 5) is 22.2. The highest BCUT2D eigenvalue weighted by Crippen LogP contribution is 2.25. The molecule has 8 heteroatoms. The Bertz CT molecular complexity index is 772. The van der Waals surface area contributed by atoms with Gasteiger partial charge in [0.2, 0.25) is 5.91 Å². The minimum absolute atomic E-state index is 0.174. The highest BCUT2D eigenvalue weighted by Gasteiger charge is 2.30. The van der Waals surface area contributed by atoms with Crippen LogP contribution in [-0.2, 0) is 4.79 Å². The smallest absolute Gasteiger partial charge is 0.273 e. The molecule has 3 heterocycles. The standard InChI is InChI=1S/C21H26FN3O2S2/c22-16-1-3-19(4-2-16)29-15-20(26)25-10-5-17(6-11-25)24-12-7-18(8-13-24)27-21-23-9-14-28-21/h1-4,9,14,17-18H,5-8,10-13,15H2. The maximum absolute atomic E-state index is 13.0. The Morgan fingerprint density at radius 3 is 2.52 bits per heavy atom. The molecule has 0 unspecified atom stereocenters. The molecule has 0 saturated carbocycles. The summed E-state index contributed by atoms with van der Waals surface area (Å²) in [7, 11) is 0. The average molecular weight is 436 g/mol. The van der Waals surface area contributed by atoms with Gasteiger partial charge in [0.15, 0.2) is 0 Å². The lowest BCUT2D eigenvalue weighted by molar-refractivity contribution is -0.130. The highest BCUT2D eigenvalue weighted by molar-refractivity contribution is 8.00. The molecule has 1 amide bonds. The molecule has 2 fully saturated rings. The highest BCUT2D eigenvalue weighted by atomic mass is 32.2. The van der Waals surface area contributed by atoms with Crippen LogP contribution >= 0.6 is 23.1 Å². The van der Waals surface area contributed by atoms with Gasteiger partial charge in [0.05, 0.1) is 5.75 Å². The fourth-order valence-corrected chi connectivity index (χ4v) is 5.37. The monoisotopic (exact) mass is 435 g/mol. The molecule has 0 bridgehead atoms. The van der Waals surface area contributed by atoms with Gasteiger partial charge in [-0.2, -0.15) is 0 Å². The second-order valence-corrected chi connectivity index (χ2v) is 9.41. The van der Waals surface area contributed by atoms with Crippen LogP contribution in [0.4, 0.5) is 4.39 Å². The lowest BCUT2D eigenvalue weighted by atomic mass is 9.99. The number of piperidine rings is 2. The van der Waals surface area contributed by atoms with Crippen LogP contribution in [-0.4, -0.2) is 64.8 Å². The molecule has 1 aromatic heterocycles. The SMILES string of the molecule is O=C(CSc1ccc(F)cc1)N1CCC(N2CCC(Oc3nccs3)CC2)CC1. The van der Waals surface area contributed by atoms with Crippen LogP contribution in [0.25, 0.3) is 0 Å². The van der Waals surface area contributed by atoms with Crippen molar-refractivity contribution in [1.82, 2.24) is 14.8 Å². The van der Waals surface area contributed by atoms with Crippen LogP contribution in [0.1, 0.15) is 25.7 Å². The predicted molar refractivity (Wildman–Crippen MR) is 114 cm³/mol. The van der Waals surface area contributed by atoms with Crippen LogP contribution < -0.4 is 4.74 Å². The molecular formula is C21H26FN3O2S2. The summed E-state index contributed by atoms with van der Waals surface area (Å²) in [5.41, 5.74) is 0. The number of hydrogen-bond donors (Lipinski definition) is 0. The van der Waals surface area contributed by atoms with Gasteiger partial charge < -0.3 is 9.64 Å². The molecule has 0 N–H and O–H groups in total. The van der Waals surface area contributed by atoms with Gasteiger partial charge in [-0.3, -0.25) is 9.69 Å². The van der Waals surface area contributed by atoms with E-state index in [2.05, 4.69) is 9.88 Å².